The van der Waals surface area contributed by atoms with Gasteiger partial charge >= 0.3 is 0 Å². The molecule has 1 fully saturated rings. The summed E-state index contributed by atoms with van der Waals surface area (Å²) in [7, 11) is 0. The van der Waals surface area contributed by atoms with Gasteiger partial charge in [0, 0.05) is 12.1 Å². The van der Waals surface area contributed by atoms with Crippen LogP contribution in [0.1, 0.15) is 43.1 Å². The highest BCUT2D eigenvalue weighted by molar-refractivity contribution is 5.92. The maximum Gasteiger partial charge on any atom is 0.270 e. The third-order valence-corrected chi connectivity index (χ3v) is 3.52. The number of carbonyl (C=O) groups excluding carboxylic acids is 1. The third kappa shape index (κ3) is 3.99. The van der Waals surface area contributed by atoms with Crippen molar-refractivity contribution in [1.82, 2.24) is 15.6 Å². The third-order valence-electron chi connectivity index (χ3n) is 3.52. The molecule has 0 spiro atoms. The highest BCUT2D eigenvalue weighted by Gasteiger charge is 2.22. The van der Waals surface area contributed by atoms with E-state index in [-0.39, 0.29) is 17.6 Å². The minimum Gasteiger partial charge on any atom is -0.348 e. The van der Waals surface area contributed by atoms with Gasteiger partial charge in [-0.25, -0.2) is 9.37 Å². The summed E-state index contributed by atoms with van der Waals surface area (Å²) < 4.78 is 12.7. The molecule has 1 saturated carbocycles. The molecule has 19 heavy (non-hydrogen) atoms. The number of amides is 1. The van der Waals surface area contributed by atoms with E-state index in [1.807, 2.05) is 0 Å². The average molecular weight is 265 g/mol. The van der Waals surface area contributed by atoms with Crippen molar-refractivity contribution in [2.24, 2.45) is 0 Å². The first kappa shape index (κ1) is 13.9. The maximum absolute atomic E-state index is 12.7. The van der Waals surface area contributed by atoms with Crippen molar-refractivity contribution in [3.8, 4) is 0 Å². The van der Waals surface area contributed by atoms with E-state index in [2.05, 4.69) is 22.5 Å². The second-order valence-corrected chi connectivity index (χ2v) is 4.94. The molecule has 104 valence electrons. The minimum absolute atomic E-state index is 0.203. The van der Waals surface area contributed by atoms with Crippen LogP contribution in [0, 0.1) is 5.82 Å². The molecule has 5 heteroatoms. The molecule has 0 radical (unpaired) electrons. The molecule has 1 aliphatic carbocycles. The SMILES string of the molecule is CCNC1CCC(NC(=O)c2ccc(F)cn2)CC1. The van der Waals surface area contributed by atoms with E-state index in [1.165, 1.54) is 12.1 Å². The summed E-state index contributed by atoms with van der Waals surface area (Å²) in [5, 5.41) is 6.40. The van der Waals surface area contributed by atoms with Gasteiger partial charge in [-0.3, -0.25) is 4.79 Å². The molecule has 2 rings (SSSR count). The van der Waals surface area contributed by atoms with E-state index in [0.29, 0.717) is 6.04 Å². The number of hydrogen-bond donors (Lipinski definition) is 2. The summed E-state index contributed by atoms with van der Waals surface area (Å²) in [4.78, 5) is 15.7. The summed E-state index contributed by atoms with van der Waals surface area (Å²) >= 11 is 0. The zero-order valence-corrected chi connectivity index (χ0v) is 11.2. The lowest BCUT2D eigenvalue weighted by atomic mass is 9.91. The number of halogens is 1. The number of pyridine rings is 1. The van der Waals surface area contributed by atoms with Gasteiger partial charge in [-0.05, 0) is 44.4 Å². The van der Waals surface area contributed by atoms with Crippen LogP contribution < -0.4 is 10.6 Å². The molecule has 1 amide bonds. The number of rotatable bonds is 4. The predicted molar refractivity (Wildman–Crippen MR) is 71.4 cm³/mol. The maximum atomic E-state index is 12.7. The first-order chi connectivity index (χ1) is 9.19. The van der Waals surface area contributed by atoms with Gasteiger partial charge in [0.05, 0.1) is 6.20 Å². The molecular formula is C14H20FN3O. The summed E-state index contributed by atoms with van der Waals surface area (Å²) in [5.41, 5.74) is 0.273. The fourth-order valence-corrected chi connectivity index (χ4v) is 2.50. The topological polar surface area (TPSA) is 54.0 Å². The monoisotopic (exact) mass is 265 g/mol. The number of nitrogens with zero attached hydrogens (tertiary/aromatic N) is 1. The van der Waals surface area contributed by atoms with Gasteiger partial charge in [0.2, 0.25) is 0 Å². The molecule has 0 unspecified atom stereocenters. The molecule has 1 heterocycles. The normalized spacial score (nSPS) is 23.1. The van der Waals surface area contributed by atoms with Crippen molar-refractivity contribution in [3.05, 3.63) is 29.8 Å². The Hall–Kier alpha value is -1.49. The van der Waals surface area contributed by atoms with Gasteiger partial charge in [-0.1, -0.05) is 6.92 Å². The highest BCUT2D eigenvalue weighted by Crippen LogP contribution is 2.18. The summed E-state index contributed by atoms with van der Waals surface area (Å²) in [5.74, 6) is -0.644. The summed E-state index contributed by atoms with van der Waals surface area (Å²) in [6.07, 6.45) is 5.18. The Kier molecular flexibility index (Phi) is 4.85. The largest absolute Gasteiger partial charge is 0.348 e. The van der Waals surface area contributed by atoms with Crippen LogP contribution in [-0.2, 0) is 0 Å². The average Bonchev–Trinajstić information content (AvgIpc) is 2.42. The van der Waals surface area contributed by atoms with E-state index >= 15 is 0 Å². The lowest BCUT2D eigenvalue weighted by molar-refractivity contribution is 0.0919. The summed E-state index contributed by atoms with van der Waals surface area (Å²) in [6.45, 7) is 3.09. The molecule has 0 aliphatic heterocycles. The summed E-state index contributed by atoms with van der Waals surface area (Å²) in [6, 6.07) is 3.44. The van der Waals surface area contributed by atoms with Crippen LogP contribution in [0.15, 0.2) is 18.3 Å². The first-order valence-corrected chi connectivity index (χ1v) is 6.85. The Morgan fingerprint density at radius 3 is 2.58 bits per heavy atom. The lowest BCUT2D eigenvalue weighted by Gasteiger charge is -2.29. The molecule has 2 N–H and O–H groups in total. The zero-order chi connectivity index (χ0) is 13.7. The van der Waals surface area contributed by atoms with E-state index < -0.39 is 5.82 Å². The number of aromatic nitrogens is 1. The van der Waals surface area contributed by atoms with Crippen molar-refractivity contribution in [2.45, 2.75) is 44.7 Å². The second-order valence-electron chi connectivity index (χ2n) is 4.94. The lowest BCUT2D eigenvalue weighted by Crippen LogP contribution is -2.42. The van der Waals surface area contributed by atoms with E-state index in [1.54, 1.807) is 0 Å². The minimum atomic E-state index is -0.428. The van der Waals surface area contributed by atoms with Gasteiger partial charge in [-0.15, -0.1) is 0 Å². The number of nitrogens with one attached hydrogen (secondary N) is 2. The highest BCUT2D eigenvalue weighted by atomic mass is 19.1. The Morgan fingerprint density at radius 1 is 1.32 bits per heavy atom. The first-order valence-electron chi connectivity index (χ1n) is 6.85. The standard InChI is InChI=1S/C14H20FN3O/c1-2-16-11-4-6-12(7-5-11)18-14(19)13-8-3-10(15)9-17-13/h3,8-9,11-12,16H,2,4-7H2,1H3,(H,18,19). The molecular weight excluding hydrogens is 245 g/mol. The smallest absolute Gasteiger partial charge is 0.270 e. The molecule has 1 aromatic heterocycles. The van der Waals surface area contributed by atoms with Gasteiger partial charge in [0.1, 0.15) is 11.5 Å². The molecule has 1 aliphatic rings. The molecule has 4 nitrogen and oxygen atoms in total. The van der Waals surface area contributed by atoms with Crippen LogP contribution in [0.3, 0.4) is 0 Å². The molecule has 0 aromatic carbocycles. The Balaban J connectivity index is 1.82. The van der Waals surface area contributed by atoms with Crippen molar-refractivity contribution < 1.29 is 9.18 Å². The van der Waals surface area contributed by atoms with Gasteiger partial charge in [0.25, 0.3) is 5.91 Å². The van der Waals surface area contributed by atoms with Crippen LogP contribution in [0.4, 0.5) is 4.39 Å². The second kappa shape index (κ2) is 6.61. The molecule has 0 atom stereocenters. The fourth-order valence-electron chi connectivity index (χ4n) is 2.50. The Labute approximate surface area is 112 Å². The van der Waals surface area contributed by atoms with Gasteiger partial charge in [-0.2, -0.15) is 0 Å². The zero-order valence-electron chi connectivity index (χ0n) is 11.2. The molecule has 0 saturated heterocycles. The fraction of sp³-hybridized carbons (Fsp3) is 0.571. The van der Waals surface area contributed by atoms with Crippen molar-refractivity contribution in [2.75, 3.05) is 6.54 Å². The molecule has 1 aromatic rings. The van der Waals surface area contributed by atoms with Crippen LogP contribution >= 0.6 is 0 Å². The van der Waals surface area contributed by atoms with Crippen molar-refractivity contribution >= 4 is 5.91 Å². The van der Waals surface area contributed by atoms with Crippen molar-refractivity contribution in [1.29, 1.82) is 0 Å². The van der Waals surface area contributed by atoms with Crippen LogP contribution in [0.25, 0.3) is 0 Å². The van der Waals surface area contributed by atoms with E-state index in [9.17, 15) is 9.18 Å². The van der Waals surface area contributed by atoms with Crippen LogP contribution in [-0.4, -0.2) is 29.5 Å². The predicted octanol–water partition coefficient (Wildman–Crippen LogP) is 1.87. The van der Waals surface area contributed by atoms with Crippen LogP contribution in [0.2, 0.25) is 0 Å². The number of hydrogen-bond acceptors (Lipinski definition) is 3. The van der Waals surface area contributed by atoms with E-state index in [0.717, 1.165) is 38.4 Å². The Bertz CT molecular complexity index is 413. The Morgan fingerprint density at radius 2 is 2.00 bits per heavy atom. The van der Waals surface area contributed by atoms with Gasteiger partial charge in [0.15, 0.2) is 0 Å². The number of carbonyl (C=O) groups is 1. The van der Waals surface area contributed by atoms with Gasteiger partial charge < -0.3 is 10.6 Å². The van der Waals surface area contributed by atoms with E-state index in [4.69, 9.17) is 0 Å². The molecule has 0 bridgehead atoms. The van der Waals surface area contributed by atoms with Crippen molar-refractivity contribution in [3.63, 3.8) is 0 Å². The quantitative estimate of drug-likeness (QED) is 0.874. The van der Waals surface area contributed by atoms with Crippen LogP contribution in [0.5, 0.6) is 0 Å².